The predicted octanol–water partition coefficient (Wildman–Crippen LogP) is 0.669. The zero-order valence-electron chi connectivity index (χ0n) is 18.0. The number of benzene rings is 1. The van der Waals surface area contributed by atoms with Crippen LogP contribution < -0.4 is 10.6 Å². The fourth-order valence-electron chi connectivity index (χ4n) is 5.00. The first-order valence-corrected chi connectivity index (χ1v) is 13.2. The van der Waals surface area contributed by atoms with Crippen LogP contribution in [0.15, 0.2) is 24.3 Å². The normalized spacial score (nSPS) is 30.1. The summed E-state index contributed by atoms with van der Waals surface area (Å²) in [5.74, 6) is -4.03. The van der Waals surface area contributed by atoms with E-state index in [4.69, 9.17) is 0 Å². The van der Waals surface area contributed by atoms with Crippen LogP contribution in [-0.2, 0) is 19.2 Å². The summed E-state index contributed by atoms with van der Waals surface area (Å²) in [4.78, 5) is 67.4. The molecule has 4 atom stereocenters. The van der Waals surface area contributed by atoms with Crippen LogP contribution in [-0.4, -0.2) is 73.9 Å². The van der Waals surface area contributed by atoms with E-state index in [1.54, 1.807) is 9.80 Å². The summed E-state index contributed by atoms with van der Waals surface area (Å²) in [7, 11) is 0. The Balaban J connectivity index is 1.57. The molecule has 1 aromatic carbocycles. The largest absolute Gasteiger partial charge is 0.326 e. The minimum absolute atomic E-state index is 0.165. The Morgan fingerprint density at radius 1 is 0.853 bits per heavy atom. The van der Waals surface area contributed by atoms with Gasteiger partial charge in [-0.1, -0.05) is 12.1 Å². The third-order valence-electron chi connectivity index (χ3n) is 6.61. The zero-order chi connectivity index (χ0) is 24.0. The molecular weight excluding hydrogens is 482 g/mol. The molecule has 4 aliphatic heterocycles. The number of non-ortho nitro benzene ring substituents is 1. The summed E-state index contributed by atoms with van der Waals surface area (Å²) >= 11 is 2.92. The number of rotatable bonds is 4. The number of carbonyl (C=O) groups is 4. The fourth-order valence-corrected chi connectivity index (χ4v) is 7.21. The standard InChI is InChI=1S/C21H23N5O6S2/c27-16-14(18(29)24-7-1-9-33-20(24)22-16)13(11-3-5-12(6-4-11)26(31)32)15-17(28)23-21-25(19(15)30)8-2-10-34-21/h3-6,13-15,20-21H,1-2,7-10H2,(H,22,27)(H,23,28). The first-order valence-electron chi connectivity index (χ1n) is 11.1. The van der Waals surface area contributed by atoms with Gasteiger partial charge in [0.15, 0.2) is 11.0 Å². The highest BCUT2D eigenvalue weighted by Gasteiger charge is 2.54. The van der Waals surface area contributed by atoms with Crippen LogP contribution in [0.25, 0.3) is 0 Å². The first kappa shape index (κ1) is 23.0. The van der Waals surface area contributed by atoms with Gasteiger partial charge in [0.25, 0.3) is 5.69 Å². The molecule has 0 aliphatic carbocycles. The molecule has 11 nitrogen and oxygen atoms in total. The Morgan fingerprint density at radius 2 is 1.32 bits per heavy atom. The van der Waals surface area contributed by atoms with Gasteiger partial charge in [-0.05, 0) is 29.9 Å². The number of thioether (sulfide) groups is 2. The van der Waals surface area contributed by atoms with Crippen LogP contribution >= 0.6 is 23.5 Å². The highest BCUT2D eigenvalue weighted by molar-refractivity contribution is 8.00. The minimum atomic E-state index is -1.30. The molecule has 34 heavy (non-hydrogen) atoms. The van der Waals surface area contributed by atoms with Crippen molar-refractivity contribution in [2.75, 3.05) is 24.6 Å². The number of amides is 4. The monoisotopic (exact) mass is 505 g/mol. The van der Waals surface area contributed by atoms with Crippen LogP contribution in [0.4, 0.5) is 5.69 Å². The molecule has 4 aliphatic rings. The molecule has 4 unspecified atom stereocenters. The van der Waals surface area contributed by atoms with E-state index in [1.807, 2.05) is 0 Å². The number of nitro benzene ring substituents is 1. The van der Waals surface area contributed by atoms with E-state index in [0.29, 0.717) is 18.7 Å². The zero-order valence-corrected chi connectivity index (χ0v) is 19.7. The van der Waals surface area contributed by atoms with Gasteiger partial charge in [0.05, 0.1) is 4.92 Å². The van der Waals surface area contributed by atoms with Crippen molar-refractivity contribution in [1.82, 2.24) is 20.4 Å². The topological polar surface area (TPSA) is 142 Å². The summed E-state index contributed by atoms with van der Waals surface area (Å²) in [6.07, 6.45) is 1.54. The average molecular weight is 506 g/mol. The summed E-state index contributed by atoms with van der Waals surface area (Å²) in [5.41, 5.74) is -0.748. The quantitative estimate of drug-likeness (QED) is 0.345. The second-order valence-electron chi connectivity index (χ2n) is 8.56. The summed E-state index contributed by atoms with van der Waals surface area (Å²) in [6, 6.07) is 5.38. The second-order valence-corrected chi connectivity index (χ2v) is 10.9. The van der Waals surface area contributed by atoms with Gasteiger partial charge in [-0.2, -0.15) is 0 Å². The van der Waals surface area contributed by atoms with Gasteiger partial charge in [-0.15, -0.1) is 23.5 Å². The van der Waals surface area contributed by atoms with Gasteiger partial charge in [-0.3, -0.25) is 29.3 Å². The van der Waals surface area contributed by atoms with Gasteiger partial charge in [-0.25, -0.2) is 0 Å². The molecule has 5 rings (SSSR count). The van der Waals surface area contributed by atoms with Crippen molar-refractivity contribution in [3.63, 3.8) is 0 Å². The number of nitrogens with zero attached hydrogens (tertiary/aromatic N) is 3. The average Bonchev–Trinajstić information content (AvgIpc) is 2.83. The van der Waals surface area contributed by atoms with Crippen molar-refractivity contribution in [1.29, 1.82) is 0 Å². The van der Waals surface area contributed by atoms with E-state index < -0.39 is 57.3 Å². The highest BCUT2D eigenvalue weighted by atomic mass is 32.2. The van der Waals surface area contributed by atoms with Crippen molar-refractivity contribution in [2.24, 2.45) is 11.8 Å². The molecule has 4 fully saturated rings. The molecule has 2 N–H and O–H groups in total. The van der Waals surface area contributed by atoms with Crippen molar-refractivity contribution >= 4 is 52.8 Å². The molecular formula is C21H23N5O6S2. The predicted molar refractivity (Wildman–Crippen MR) is 124 cm³/mol. The highest BCUT2D eigenvalue weighted by Crippen LogP contribution is 2.42. The van der Waals surface area contributed by atoms with E-state index in [0.717, 1.165) is 24.3 Å². The molecule has 0 aromatic heterocycles. The van der Waals surface area contributed by atoms with Gasteiger partial charge in [0.2, 0.25) is 23.6 Å². The van der Waals surface area contributed by atoms with Gasteiger partial charge < -0.3 is 20.4 Å². The molecule has 0 spiro atoms. The molecule has 0 bridgehead atoms. The van der Waals surface area contributed by atoms with Crippen molar-refractivity contribution in [3.05, 3.63) is 39.9 Å². The van der Waals surface area contributed by atoms with E-state index in [2.05, 4.69) is 10.6 Å². The molecule has 13 heteroatoms. The van der Waals surface area contributed by atoms with Crippen LogP contribution in [0.1, 0.15) is 24.3 Å². The molecule has 0 radical (unpaired) electrons. The SMILES string of the molecule is O=C1NC2SCCCN2C(=O)C1C(c1ccc([N+](=O)[O-])cc1)C1C(=O)NC2SCCCN2C1=O. The summed E-state index contributed by atoms with van der Waals surface area (Å²) in [6.45, 7) is 0.936. The third kappa shape index (κ3) is 3.90. The molecule has 4 amide bonds. The van der Waals surface area contributed by atoms with Crippen molar-refractivity contribution in [2.45, 2.75) is 29.8 Å². The molecule has 180 valence electrons. The van der Waals surface area contributed by atoms with Crippen LogP contribution in [0, 0.1) is 22.0 Å². The Bertz CT molecular complexity index is 999. The summed E-state index contributed by atoms with van der Waals surface area (Å²) < 4.78 is 0. The van der Waals surface area contributed by atoms with Gasteiger partial charge in [0, 0.05) is 31.1 Å². The maximum absolute atomic E-state index is 13.6. The Hall–Kier alpha value is -2.80. The lowest BCUT2D eigenvalue weighted by atomic mass is 9.73. The Kier molecular flexibility index (Phi) is 6.15. The lowest BCUT2D eigenvalue weighted by Crippen LogP contribution is -2.66. The Morgan fingerprint density at radius 3 is 1.76 bits per heavy atom. The molecule has 0 saturated carbocycles. The van der Waals surface area contributed by atoms with Crippen LogP contribution in [0.2, 0.25) is 0 Å². The number of fused-ring (bicyclic) bond motifs is 2. The lowest BCUT2D eigenvalue weighted by molar-refractivity contribution is -0.384. The second kappa shape index (κ2) is 9.10. The molecule has 1 aromatic rings. The number of nitrogens with one attached hydrogen (secondary N) is 2. The fraction of sp³-hybridized carbons (Fsp3) is 0.524. The van der Waals surface area contributed by atoms with E-state index >= 15 is 0 Å². The van der Waals surface area contributed by atoms with Gasteiger partial charge in [0.1, 0.15) is 11.8 Å². The van der Waals surface area contributed by atoms with E-state index in [9.17, 15) is 29.3 Å². The molecule has 4 saturated heterocycles. The smallest absolute Gasteiger partial charge is 0.269 e. The number of hydrogen-bond donors (Lipinski definition) is 2. The van der Waals surface area contributed by atoms with E-state index in [1.165, 1.54) is 47.8 Å². The Labute approximate surface area is 203 Å². The van der Waals surface area contributed by atoms with Gasteiger partial charge >= 0.3 is 0 Å². The number of nitro groups is 1. The third-order valence-corrected chi connectivity index (χ3v) is 9.03. The lowest BCUT2D eigenvalue weighted by Gasteiger charge is -2.47. The number of carbonyl (C=O) groups excluding carboxylic acids is 4. The van der Waals surface area contributed by atoms with E-state index in [-0.39, 0.29) is 5.69 Å². The van der Waals surface area contributed by atoms with Crippen molar-refractivity contribution in [3.8, 4) is 0 Å². The van der Waals surface area contributed by atoms with Crippen molar-refractivity contribution < 1.29 is 24.1 Å². The number of hydrogen-bond acceptors (Lipinski definition) is 8. The first-order chi connectivity index (χ1) is 16.4. The maximum atomic E-state index is 13.6. The molecule has 4 heterocycles. The maximum Gasteiger partial charge on any atom is 0.269 e. The summed E-state index contributed by atoms with van der Waals surface area (Å²) in [5, 5.41) is 16.9. The van der Waals surface area contributed by atoms with Crippen LogP contribution in [0.5, 0.6) is 0 Å². The van der Waals surface area contributed by atoms with Crippen LogP contribution in [0.3, 0.4) is 0 Å². The minimum Gasteiger partial charge on any atom is -0.326 e.